The van der Waals surface area contributed by atoms with Crippen LogP contribution in [0.4, 0.5) is 0 Å². The molecule has 60 valence electrons. The molecule has 0 unspecified atom stereocenters. The molecule has 0 radical (unpaired) electrons. The second-order valence-electron chi connectivity index (χ2n) is 2.08. The maximum absolute atomic E-state index is 10.8. The van der Waals surface area contributed by atoms with E-state index in [4.69, 9.17) is 14.6 Å². The van der Waals surface area contributed by atoms with Crippen LogP contribution in [0.3, 0.4) is 0 Å². The van der Waals surface area contributed by atoms with Crippen molar-refractivity contribution >= 4 is 0 Å². The first-order valence-corrected chi connectivity index (χ1v) is 3.19. The van der Waals surface area contributed by atoms with Crippen LogP contribution in [0.15, 0.2) is 15.5 Å². The molecule has 0 amide bonds. The lowest BCUT2D eigenvalue weighted by Crippen LogP contribution is -2.01. The van der Waals surface area contributed by atoms with Crippen molar-refractivity contribution in [3.8, 4) is 11.5 Å². The average molecular weight is 156 g/mol. The van der Waals surface area contributed by atoms with Crippen LogP contribution < -0.4 is 5.43 Å². The van der Waals surface area contributed by atoms with Gasteiger partial charge in [0.2, 0.25) is 11.5 Å². The third-order valence-corrected chi connectivity index (χ3v) is 1.35. The summed E-state index contributed by atoms with van der Waals surface area (Å²) in [6, 6.07) is 0. The Morgan fingerprint density at radius 2 is 2.18 bits per heavy atom. The molecule has 0 saturated heterocycles. The van der Waals surface area contributed by atoms with E-state index in [-0.39, 0.29) is 5.76 Å². The predicted octanol–water partition coefficient (Wildman–Crippen LogP) is 0.613. The Kier molecular flexibility index (Phi) is 1.85. The lowest BCUT2D eigenvalue weighted by Gasteiger charge is -1.98. The van der Waals surface area contributed by atoms with Crippen LogP contribution in [0.5, 0.6) is 11.5 Å². The summed E-state index contributed by atoms with van der Waals surface area (Å²) in [6.07, 6.45) is 1.34. The summed E-state index contributed by atoms with van der Waals surface area (Å²) in [6.45, 7) is 1.73. The molecule has 1 rings (SSSR count). The standard InChI is InChI=1S/C7H8O4/c1-2-5-7(10)6(9)4(8)3-11-5/h3,8,10H,2H2,1H3. The monoisotopic (exact) mass is 156 g/mol. The number of rotatable bonds is 1. The smallest absolute Gasteiger partial charge is 0.268 e. The molecular weight excluding hydrogens is 148 g/mol. The van der Waals surface area contributed by atoms with Crippen molar-refractivity contribution in [2.75, 3.05) is 0 Å². The maximum atomic E-state index is 10.8. The summed E-state index contributed by atoms with van der Waals surface area (Å²) in [5.41, 5.74) is -0.784. The minimum Gasteiger partial charge on any atom is -0.502 e. The summed E-state index contributed by atoms with van der Waals surface area (Å²) in [7, 11) is 0. The Balaban J connectivity index is 3.37. The van der Waals surface area contributed by atoms with Crippen LogP contribution in [0, 0.1) is 0 Å². The minimum absolute atomic E-state index is 0.188. The second-order valence-corrected chi connectivity index (χ2v) is 2.08. The van der Waals surface area contributed by atoms with E-state index >= 15 is 0 Å². The van der Waals surface area contributed by atoms with E-state index < -0.39 is 16.9 Å². The first-order chi connectivity index (χ1) is 5.16. The van der Waals surface area contributed by atoms with Gasteiger partial charge in [-0.2, -0.15) is 0 Å². The Labute approximate surface area is 62.7 Å². The van der Waals surface area contributed by atoms with Crippen molar-refractivity contribution in [3.05, 3.63) is 22.2 Å². The number of aromatic hydroxyl groups is 2. The van der Waals surface area contributed by atoms with Gasteiger partial charge in [-0.1, -0.05) is 6.92 Å². The van der Waals surface area contributed by atoms with Crippen molar-refractivity contribution in [3.63, 3.8) is 0 Å². The molecule has 0 aromatic carbocycles. The van der Waals surface area contributed by atoms with Gasteiger partial charge in [0.05, 0.1) is 0 Å². The Morgan fingerprint density at radius 3 is 2.73 bits per heavy atom. The zero-order valence-corrected chi connectivity index (χ0v) is 6.00. The van der Waals surface area contributed by atoms with E-state index in [2.05, 4.69) is 0 Å². The van der Waals surface area contributed by atoms with Crippen molar-refractivity contribution < 1.29 is 14.6 Å². The summed E-state index contributed by atoms with van der Waals surface area (Å²) < 4.78 is 4.72. The Bertz CT molecular complexity index is 313. The van der Waals surface area contributed by atoms with Crippen LogP contribution in [-0.2, 0) is 6.42 Å². The van der Waals surface area contributed by atoms with Crippen molar-refractivity contribution in [1.82, 2.24) is 0 Å². The SMILES string of the molecule is CCc1occ(O)c(=O)c1O. The topological polar surface area (TPSA) is 70.7 Å². The number of aryl methyl sites for hydroxylation is 1. The van der Waals surface area contributed by atoms with Gasteiger partial charge in [-0.05, 0) is 0 Å². The highest BCUT2D eigenvalue weighted by Gasteiger charge is 2.09. The first kappa shape index (κ1) is 7.65. The normalized spacial score (nSPS) is 9.91. The highest BCUT2D eigenvalue weighted by Crippen LogP contribution is 2.15. The Hall–Kier alpha value is -1.45. The molecule has 1 aromatic heterocycles. The van der Waals surface area contributed by atoms with Gasteiger partial charge in [0.15, 0.2) is 0 Å². The highest BCUT2D eigenvalue weighted by molar-refractivity contribution is 5.30. The van der Waals surface area contributed by atoms with E-state index in [9.17, 15) is 4.79 Å². The zero-order chi connectivity index (χ0) is 8.43. The molecule has 0 aliphatic rings. The average Bonchev–Trinajstić information content (AvgIpc) is 2.01. The predicted molar refractivity (Wildman–Crippen MR) is 37.7 cm³/mol. The van der Waals surface area contributed by atoms with E-state index in [1.54, 1.807) is 6.92 Å². The van der Waals surface area contributed by atoms with Gasteiger partial charge in [-0.15, -0.1) is 0 Å². The molecule has 1 aromatic rings. The maximum Gasteiger partial charge on any atom is 0.268 e. The van der Waals surface area contributed by atoms with E-state index in [1.807, 2.05) is 0 Å². The summed E-state index contributed by atoms with van der Waals surface area (Å²) in [5, 5.41) is 17.8. The lowest BCUT2D eigenvalue weighted by atomic mass is 10.3. The summed E-state index contributed by atoms with van der Waals surface area (Å²) in [5.74, 6) is -0.889. The minimum atomic E-state index is -0.784. The van der Waals surface area contributed by atoms with Gasteiger partial charge in [0, 0.05) is 6.42 Å². The fourth-order valence-electron chi connectivity index (χ4n) is 0.735. The zero-order valence-electron chi connectivity index (χ0n) is 6.00. The molecule has 0 aliphatic carbocycles. The largest absolute Gasteiger partial charge is 0.502 e. The molecule has 0 saturated carbocycles. The summed E-state index contributed by atoms with van der Waals surface area (Å²) >= 11 is 0. The van der Waals surface area contributed by atoms with Crippen molar-refractivity contribution in [2.45, 2.75) is 13.3 Å². The summed E-state index contributed by atoms with van der Waals surface area (Å²) in [4.78, 5) is 10.8. The van der Waals surface area contributed by atoms with E-state index in [0.29, 0.717) is 6.42 Å². The molecule has 0 aliphatic heterocycles. The molecule has 2 N–H and O–H groups in total. The van der Waals surface area contributed by atoms with Crippen LogP contribution in [0.25, 0.3) is 0 Å². The van der Waals surface area contributed by atoms with Crippen LogP contribution in [0.1, 0.15) is 12.7 Å². The molecule has 0 bridgehead atoms. The molecule has 0 atom stereocenters. The molecular formula is C7H8O4. The van der Waals surface area contributed by atoms with Gasteiger partial charge in [-0.25, -0.2) is 0 Å². The second kappa shape index (κ2) is 2.65. The lowest BCUT2D eigenvalue weighted by molar-refractivity contribution is 0.369. The van der Waals surface area contributed by atoms with Crippen LogP contribution >= 0.6 is 0 Å². The number of hydrogen-bond donors (Lipinski definition) is 2. The van der Waals surface area contributed by atoms with Crippen LogP contribution in [0.2, 0.25) is 0 Å². The van der Waals surface area contributed by atoms with Crippen molar-refractivity contribution in [2.24, 2.45) is 0 Å². The van der Waals surface area contributed by atoms with Gasteiger partial charge in [0.25, 0.3) is 5.43 Å². The van der Waals surface area contributed by atoms with Gasteiger partial charge in [0.1, 0.15) is 12.0 Å². The van der Waals surface area contributed by atoms with Gasteiger partial charge in [-0.3, -0.25) is 4.79 Å². The molecule has 0 spiro atoms. The number of hydrogen-bond acceptors (Lipinski definition) is 4. The van der Waals surface area contributed by atoms with E-state index in [1.165, 1.54) is 0 Å². The van der Waals surface area contributed by atoms with Crippen molar-refractivity contribution in [1.29, 1.82) is 0 Å². The quantitative estimate of drug-likeness (QED) is 0.625. The fraction of sp³-hybridized carbons (Fsp3) is 0.286. The fourth-order valence-corrected chi connectivity index (χ4v) is 0.735. The third kappa shape index (κ3) is 1.19. The molecule has 11 heavy (non-hydrogen) atoms. The molecule has 4 nitrogen and oxygen atoms in total. The Morgan fingerprint density at radius 1 is 1.55 bits per heavy atom. The van der Waals surface area contributed by atoms with Gasteiger partial charge < -0.3 is 14.6 Å². The van der Waals surface area contributed by atoms with Gasteiger partial charge >= 0.3 is 0 Å². The first-order valence-electron chi connectivity index (χ1n) is 3.19. The molecule has 1 heterocycles. The highest BCUT2D eigenvalue weighted by atomic mass is 16.4. The van der Waals surface area contributed by atoms with Crippen LogP contribution in [-0.4, -0.2) is 10.2 Å². The molecule has 4 heteroatoms. The van der Waals surface area contributed by atoms with E-state index in [0.717, 1.165) is 6.26 Å². The third-order valence-electron chi connectivity index (χ3n) is 1.35. The molecule has 0 fully saturated rings.